The van der Waals surface area contributed by atoms with Crippen molar-refractivity contribution in [1.29, 1.82) is 0 Å². The van der Waals surface area contributed by atoms with Crippen molar-refractivity contribution in [2.45, 2.75) is 6.42 Å². The molecule has 0 atom stereocenters. The summed E-state index contributed by atoms with van der Waals surface area (Å²) >= 11 is 4.75. The number of hydrogen-bond acceptors (Lipinski definition) is 4. The molecule has 0 unspecified atom stereocenters. The number of nitrogens with zero attached hydrogens (tertiary/aromatic N) is 1. The van der Waals surface area contributed by atoms with Crippen molar-refractivity contribution in [2.75, 3.05) is 6.61 Å². The molecule has 0 saturated heterocycles. The second kappa shape index (κ2) is 5.95. The summed E-state index contributed by atoms with van der Waals surface area (Å²) < 4.78 is 5.18. The fourth-order valence-electron chi connectivity index (χ4n) is 1.29. The van der Waals surface area contributed by atoms with E-state index in [1.807, 2.05) is 0 Å². The highest BCUT2D eigenvalue weighted by Crippen LogP contribution is 2.28. The van der Waals surface area contributed by atoms with Crippen LogP contribution in [0.1, 0.15) is 5.56 Å². The lowest BCUT2D eigenvalue weighted by Gasteiger charge is -2.06. The minimum atomic E-state index is -0.499. The van der Waals surface area contributed by atoms with Gasteiger partial charge in [-0.25, -0.2) is 0 Å². The van der Waals surface area contributed by atoms with Gasteiger partial charge in [-0.15, -0.1) is 0 Å². The minimum Gasteiger partial charge on any atom is -0.483 e. The van der Waals surface area contributed by atoms with Crippen LogP contribution in [0, 0.1) is 10.1 Å². The molecule has 17 heavy (non-hydrogen) atoms. The van der Waals surface area contributed by atoms with Gasteiger partial charge in [-0.05, 0) is 11.6 Å². The molecular weight excluding hydrogens is 240 g/mol. The summed E-state index contributed by atoms with van der Waals surface area (Å²) in [6, 6.07) is 4.65. The lowest BCUT2D eigenvalue weighted by molar-refractivity contribution is -0.385. The maximum atomic E-state index is 10.9. The Labute approximate surface area is 104 Å². The molecule has 0 aliphatic heterocycles. The highest BCUT2D eigenvalue weighted by molar-refractivity contribution is 7.80. The third kappa shape index (κ3) is 3.84. The molecule has 0 bridgehead atoms. The van der Waals surface area contributed by atoms with Crippen molar-refractivity contribution >= 4 is 22.9 Å². The smallest absolute Gasteiger partial charge is 0.311 e. The Kier molecular flexibility index (Phi) is 4.59. The summed E-state index contributed by atoms with van der Waals surface area (Å²) in [5.41, 5.74) is 5.98. The van der Waals surface area contributed by atoms with Crippen LogP contribution in [-0.2, 0) is 6.42 Å². The minimum absolute atomic E-state index is 0.0967. The summed E-state index contributed by atoms with van der Waals surface area (Å²) in [5, 5.41) is 10.9. The van der Waals surface area contributed by atoms with Crippen molar-refractivity contribution < 1.29 is 9.66 Å². The largest absolute Gasteiger partial charge is 0.483 e. The molecule has 1 rings (SSSR count). The van der Waals surface area contributed by atoms with Crippen molar-refractivity contribution in [3.63, 3.8) is 0 Å². The van der Waals surface area contributed by atoms with Crippen molar-refractivity contribution in [3.8, 4) is 5.75 Å². The van der Waals surface area contributed by atoms with Crippen LogP contribution in [0.5, 0.6) is 5.75 Å². The van der Waals surface area contributed by atoms with Crippen LogP contribution in [-0.4, -0.2) is 16.5 Å². The number of hydrogen-bond donors (Lipinski definition) is 1. The first-order chi connectivity index (χ1) is 8.04. The zero-order valence-electron chi connectivity index (χ0n) is 9.09. The van der Waals surface area contributed by atoms with E-state index in [4.69, 9.17) is 22.7 Å². The Balaban J connectivity index is 3.03. The molecule has 0 aliphatic rings. The highest BCUT2D eigenvalue weighted by atomic mass is 32.1. The predicted octanol–water partition coefficient (Wildman–Crippen LogP) is 1.99. The molecule has 90 valence electrons. The van der Waals surface area contributed by atoms with E-state index in [9.17, 15) is 10.1 Å². The van der Waals surface area contributed by atoms with E-state index < -0.39 is 4.92 Å². The van der Waals surface area contributed by atoms with E-state index >= 15 is 0 Å². The van der Waals surface area contributed by atoms with E-state index in [1.165, 1.54) is 18.2 Å². The van der Waals surface area contributed by atoms with Crippen LogP contribution >= 0.6 is 12.2 Å². The molecule has 1 aromatic carbocycles. The first-order valence-electron chi connectivity index (χ1n) is 4.84. The summed E-state index contributed by atoms with van der Waals surface area (Å²) in [6.07, 6.45) is 1.85. The molecule has 2 N–H and O–H groups in total. The third-order valence-corrected chi connectivity index (χ3v) is 2.10. The van der Waals surface area contributed by atoms with Gasteiger partial charge in [-0.1, -0.05) is 30.9 Å². The molecule has 5 nitrogen and oxygen atoms in total. The van der Waals surface area contributed by atoms with Gasteiger partial charge in [0.2, 0.25) is 0 Å². The van der Waals surface area contributed by atoms with Gasteiger partial charge in [0.15, 0.2) is 5.75 Å². The van der Waals surface area contributed by atoms with Crippen molar-refractivity contribution in [2.24, 2.45) is 5.73 Å². The molecule has 0 aromatic heterocycles. The van der Waals surface area contributed by atoms with Gasteiger partial charge in [0.1, 0.15) is 6.61 Å². The monoisotopic (exact) mass is 252 g/mol. The van der Waals surface area contributed by atoms with Gasteiger partial charge in [0.05, 0.1) is 9.91 Å². The molecular formula is C11H12N2O3S. The molecule has 0 heterocycles. The second-order valence-electron chi connectivity index (χ2n) is 3.30. The van der Waals surface area contributed by atoms with E-state index in [1.54, 1.807) is 6.07 Å². The molecule has 1 aromatic rings. The van der Waals surface area contributed by atoms with Crippen LogP contribution in [0.15, 0.2) is 30.9 Å². The number of benzene rings is 1. The van der Waals surface area contributed by atoms with Gasteiger partial charge in [0, 0.05) is 12.5 Å². The summed E-state index contributed by atoms with van der Waals surface area (Å²) in [6.45, 7) is 3.70. The Hall–Kier alpha value is -1.95. The maximum Gasteiger partial charge on any atom is 0.311 e. The van der Waals surface area contributed by atoms with E-state index in [0.29, 0.717) is 17.0 Å². The number of ether oxygens (including phenoxy) is 1. The van der Waals surface area contributed by atoms with Gasteiger partial charge < -0.3 is 10.5 Å². The van der Waals surface area contributed by atoms with Crippen LogP contribution in [0.4, 0.5) is 5.69 Å². The molecule has 0 fully saturated rings. The fourth-order valence-corrected chi connectivity index (χ4v) is 1.45. The molecule has 0 spiro atoms. The molecule has 0 amide bonds. The van der Waals surface area contributed by atoms with E-state index in [-0.39, 0.29) is 18.0 Å². The Morgan fingerprint density at radius 2 is 2.35 bits per heavy atom. The maximum absolute atomic E-state index is 10.9. The molecule has 0 saturated carbocycles. The highest BCUT2D eigenvalue weighted by Gasteiger charge is 2.15. The normalized spacial score (nSPS) is 9.65. The molecule has 0 aliphatic carbocycles. The van der Waals surface area contributed by atoms with Gasteiger partial charge in [0.25, 0.3) is 0 Å². The number of thiocarbonyl (C=S) groups is 1. The SMILES string of the molecule is C=CCOc1ccc(CC(N)=S)cc1[N+](=O)[O-]. The van der Waals surface area contributed by atoms with Crippen molar-refractivity contribution in [1.82, 2.24) is 0 Å². The van der Waals surface area contributed by atoms with Gasteiger partial charge in [-0.3, -0.25) is 10.1 Å². The zero-order chi connectivity index (χ0) is 12.8. The number of nitro groups is 1. The first kappa shape index (κ1) is 13.1. The zero-order valence-corrected chi connectivity index (χ0v) is 9.90. The lowest BCUT2D eigenvalue weighted by atomic mass is 10.1. The van der Waals surface area contributed by atoms with Crippen LogP contribution < -0.4 is 10.5 Å². The van der Waals surface area contributed by atoms with Crippen LogP contribution in [0.2, 0.25) is 0 Å². The predicted molar refractivity (Wildman–Crippen MR) is 69.3 cm³/mol. The number of rotatable bonds is 6. The van der Waals surface area contributed by atoms with E-state index in [0.717, 1.165) is 0 Å². The summed E-state index contributed by atoms with van der Waals surface area (Å²) in [4.78, 5) is 10.7. The van der Waals surface area contributed by atoms with Crippen LogP contribution in [0.25, 0.3) is 0 Å². The van der Waals surface area contributed by atoms with Crippen LogP contribution in [0.3, 0.4) is 0 Å². The summed E-state index contributed by atoms with van der Waals surface area (Å²) in [7, 11) is 0. The molecule has 6 heteroatoms. The third-order valence-electron chi connectivity index (χ3n) is 1.96. The Morgan fingerprint density at radius 1 is 1.65 bits per heavy atom. The average molecular weight is 252 g/mol. The average Bonchev–Trinajstić information content (AvgIpc) is 2.26. The van der Waals surface area contributed by atoms with Gasteiger partial charge in [-0.2, -0.15) is 0 Å². The lowest BCUT2D eigenvalue weighted by Crippen LogP contribution is -2.11. The van der Waals surface area contributed by atoms with Gasteiger partial charge >= 0.3 is 5.69 Å². The Bertz CT molecular complexity index is 460. The molecule has 0 radical (unpaired) electrons. The van der Waals surface area contributed by atoms with Crippen molar-refractivity contribution in [3.05, 3.63) is 46.5 Å². The van der Waals surface area contributed by atoms with E-state index in [2.05, 4.69) is 6.58 Å². The number of nitrogens with two attached hydrogens (primary N) is 1. The first-order valence-corrected chi connectivity index (χ1v) is 5.24. The Morgan fingerprint density at radius 3 is 2.88 bits per heavy atom. The second-order valence-corrected chi connectivity index (χ2v) is 3.83. The summed E-state index contributed by atoms with van der Waals surface area (Å²) in [5.74, 6) is 0.210. The number of nitro benzene ring substituents is 1. The standard InChI is InChI=1S/C11H12N2O3S/c1-2-5-16-10-4-3-8(7-11(12)17)6-9(10)13(14)15/h2-4,6H,1,5,7H2,(H2,12,17). The fraction of sp³-hybridized carbons (Fsp3) is 0.182. The quantitative estimate of drug-likeness (QED) is 0.362. The topological polar surface area (TPSA) is 78.4 Å².